The molecule has 3 aromatic rings. The number of nitrogens with zero attached hydrogens (tertiary/aromatic N) is 3. The molecule has 1 N–H and O–H groups in total. The Bertz CT molecular complexity index is 837. The van der Waals surface area contributed by atoms with Gasteiger partial charge >= 0.3 is 0 Å². The highest BCUT2D eigenvalue weighted by molar-refractivity contribution is 5.85. The van der Waals surface area contributed by atoms with E-state index >= 15 is 0 Å². The molecule has 0 aliphatic carbocycles. The van der Waals surface area contributed by atoms with Crippen molar-refractivity contribution in [3.63, 3.8) is 0 Å². The Kier molecular flexibility index (Phi) is 4.40. The summed E-state index contributed by atoms with van der Waals surface area (Å²) in [6.07, 6.45) is 9.88. The van der Waals surface area contributed by atoms with Crippen LogP contribution in [0.5, 0.6) is 5.75 Å². The van der Waals surface area contributed by atoms with Crippen LogP contribution in [-0.2, 0) is 0 Å². The molecule has 130 valence electrons. The maximum atomic E-state index is 5.40. The topological polar surface area (TPSA) is 54.0 Å². The molecule has 0 radical (unpaired) electrons. The zero-order chi connectivity index (χ0) is 17.2. The van der Waals surface area contributed by atoms with Gasteiger partial charge in [-0.2, -0.15) is 0 Å². The lowest BCUT2D eigenvalue weighted by Gasteiger charge is -2.35. The molecule has 0 spiro atoms. The number of hydrogen-bond acceptors (Lipinski definition) is 4. The molecule has 0 unspecified atom stereocenters. The Labute approximate surface area is 148 Å². The van der Waals surface area contributed by atoms with E-state index in [4.69, 9.17) is 4.74 Å². The molecular formula is C20H24N4O. The van der Waals surface area contributed by atoms with Gasteiger partial charge in [0.15, 0.2) is 0 Å². The highest BCUT2D eigenvalue weighted by Crippen LogP contribution is 2.36. The lowest BCUT2D eigenvalue weighted by molar-refractivity contribution is 0.160. The summed E-state index contributed by atoms with van der Waals surface area (Å²) in [5.41, 5.74) is 3.66. The number of methoxy groups -OCH3 is 1. The van der Waals surface area contributed by atoms with Gasteiger partial charge in [-0.1, -0.05) is 0 Å². The molecule has 4 rings (SSSR count). The Hall–Kier alpha value is -2.40. The second-order valence-corrected chi connectivity index (χ2v) is 6.77. The van der Waals surface area contributed by atoms with Crippen LogP contribution in [0, 0.1) is 0 Å². The fraction of sp³-hybridized carbons (Fsp3) is 0.400. The molecule has 1 aromatic carbocycles. The van der Waals surface area contributed by atoms with Gasteiger partial charge in [0, 0.05) is 35.7 Å². The summed E-state index contributed by atoms with van der Waals surface area (Å²) in [6.45, 7) is 4.39. The van der Waals surface area contributed by atoms with Crippen LogP contribution in [0.3, 0.4) is 0 Å². The number of H-pyrrole nitrogens is 1. The number of ether oxygens (including phenoxy) is 1. The lowest BCUT2D eigenvalue weighted by atomic mass is 9.88. The van der Waals surface area contributed by atoms with Crippen LogP contribution in [0.25, 0.3) is 10.9 Å². The van der Waals surface area contributed by atoms with E-state index in [1.54, 1.807) is 19.5 Å². The van der Waals surface area contributed by atoms with Crippen LogP contribution in [0.2, 0.25) is 0 Å². The van der Waals surface area contributed by atoms with Gasteiger partial charge in [0.25, 0.3) is 0 Å². The summed E-state index contributed by atoms with van der Waals surface area (Å²) in [4.78, 5) is 14.6. The van der Waals surface area contributed by atoms with E-state index in [1.807, 2.05) is 12.3 Å². The number of benzene rings is 1. The minimum absolute atomic E-state index is 0.317. The maximum absolute atomic E-state index is 5.40. The monoisotopic (exact) mass is 336 g/mol. The van der Waals surface area contributed by atoms with Gasteiger partial charge in [0.1, 0.15) is 5.75 Å². The first kappa shape index (κ1) is 16.1. The summed E-state index contributed by atoms with van der Waals surface area (Å²) in [5, 5.41) is 1.29. The molecule has 5 nitrogen and oxygen atoms in total. The Balaban J connectivity index is 1.49. The number of nitrogens with one attached hydrogen (secondary N) is 1. The second-order valence-electron chi connectivity index (χ2n) is 6.77. The van der Waals surface area contributed by atoms with Gasteiger partial charge in [0.05, 0.1) is 18.8 Å². The molecule has 0 bridgehead atoms. The third kappa shape index (κ3) is 3.12. The van der Waals surface area contributed by atoms with Crippen LogP contribution < -0.4 is 4.74 Å². The quantitative estimate of drug-likeness (QED) is 0.785. The van der Waals surface area contributed by atoms with E-state index < -0.39 is 0 Å². The van der Waals surface area contributed by atoms with E-state index in [-0.39, 0.29) is 0 Å². The second kappa shape index (κ2) is 6.84. The first-order chi connectivity index (χ1) is 12.3. The molecule has 1 fully saturated rings. The number of fused-ring (bicyclic) bond motifs is 1. The minimum atomic E-state index is 0.317. The van der Waals surface area contributed by atoms with E-state index in [2.05, 4.69) is 45.1 Å². The lowest BCUT2D eigenvalue weighted by Crippen LogP contribution is -2.35. The Morgan fingerprint density at radius 3 is 2.80 bits per heavy atom. The van der Waals surface area contributed by atoms with E-state index in [1.165, 1.54) is 16.5 Å². The van der Waals surface area contributed by atoms with Crippen molar-refractivity contribution in [3.8, 4) is 5.75 Å². The molecule has 1 aliphatic rings. The van der Waals surface area contributed by atoms with E-state index in [0.29, 0.717) is 12.0 Å². The number of rotatable bonds is 4. The Morgan fingerprint density at radius 2 is 2.08 bits per heavy atom. The highest BCUT2D eigenvalue weighted by atomic mass is 16.5. The molecule has 1 atom stereocenters. The minimum Gasteiger partial charge on any atom is -0.497 e. The zero-order valence-electron chi connectivity index (χ0n) is 14.8. The van der Waals surface area contributed by atoms with Crippen LogP contribution in [0.1, 0.15) is 43.0 Å². The maximum Gasteiger partial charge on any atom is 0.119 e. The van der Waals surface area contributed by atoms with Crippen LogP contribution in [-0.4, -0.2) is 40.1 Å². The fourth-order valence-electron chi connectivity index (χ4n) is 3.90. The number of hydrogen-bond donors (Lipinski definition) is 1. The summed E-state index contributed by atoms with van der Waals surface area (Å²) in [6, 6.07) is 6.57. The largest absolute Gasteiger partial charge is 0.497 e. The molecule has 0 saturated carbocycles. The molecule has 5 heteroatoms. The average molecular weight is 336 g/mol. The zero-order valence-corrected chi connectivity index (χ0v) is 14.8. The fourth-order valence-corrected chi connectivity index (χ4v) is 3.90. The SMILES string of the molecule is COc1ccc2[nH]cc(C3CCN([C@H](C)c4cnccn4)CC3)c2c1. The molecular weight excluding hydrogens is 312 g/mol. The van der Waals surface area contributed by atoms with Gasteiger partial charge in [-0.25, -0.2) is 0 Å². The van der Waals surface area contributed by atoms with Crippen LogP contribution >= 0.6 is 0 Å². The third-order valence-corrected chi connectivity index (χ3v) is 5.45. The molecule has 1 aliphatic heterocycles. The van der Waals surface area contributed by atoms with Gasteiger partial charge in [-0.15, -0.1) is 0 Å². The van der Waals surface area contributed by atoms with Gasteiger partial charge in [0.2, 0.25) is 0 Å². The van der Waals surface area contributed by atoms with Crippen LogP contribution in [0.4, 0.5) is 0 Å². The molecule has 2 aromatic heterocycles. The summed E-state index contributed by atoms with van der Waals surface area (Å²) in [5.74, 6) is 1.51. The smallest absolute Gasteiger partial charge is 0.119 e. The van der Waals surface area contributed by atoms with Crippen molar-refractivity contribution >= 4 is 10.9 Å². The first-order valence-corrected chi connectivity index (χ1v) is 8.91. The van der Waals surface area contributed by atoms with Gasteiger partial charge in [-0.05, 0) is 62.5 Å². The van der Waals surface area contributed by atoms with E-state index in [9.17, 15) is 0 Å². The molecule has 0 amide bonds. The number of aromatic amines is 1. The van der Waals surface area contributed by atoms with Crippen molar-refractivity contribution in [2.45, 2.75) is 31.7 Å². The predicted octanol–water partition coefficient (Wildman–Crippen LogP) is 3.91. The predicted molar refractivity (Wildman–Crippen MR) is 98.8 cm³/mol. The molecule has 1 saturated heterocycles. The van der Waals surface area contributed by atoms with Crippen molar-refractivity contribution in [2.24, 2.45) is 0 Å². The molecule has 3 heterocycles. The number of aromatic nitrogens is 3. The summed E-state index contributed by atoms with van der Waals surface area (Å²) < 4.78 is 5.40. The van der Waals surface area contributed by atoms with Crippen molar-refractivity contribution in [1.29, 1.82) is 0 Å². The van der Waals surface area contributed by atoms with Crippen LogP contribution in [0.15, 0.2) is 43.0 Å². The van der Waals surface area contributed by atoms with Crippen molar-refractivity contribution in [3.05, 3.63) is 54.2 Å². The van der Waals surface area contributed by atoms with Crippen molar-refractivity contribution in [2.75, 3.05) is 20.2 Å². The summed E-state index contributed by atoms with van der Waals surface area (Å²) in [7, 11) is 1.72. The van der Waals surface area contributed by atoms with Crippen molar-refractivity contribution < 1.29 is 4.74 Å². The number of piperidine rings is 1. The van der Waals surface area contributed by atoms with Crippen molar-refractivity contribution in [1.82, 2.24) is 19.9 Å². The molecule has 25 heavy (non-hydrogen) atoms. The normalized spacial score (nSPS) is 17.7. The standard InChI is InChI=1S/C20H24N4O/c1-14(20-13-21-7-8-22-20)24-9-5-15(6-10-24)18-12-23-19-4-3-16(25-2)11-17(18)19/h3-4,7-8,11-15,23H,5-6,9-10H2,1-2H3/t14-/m1/s1. The number of likely N-dealkylation sites (tertiary alicyclic amines) is 1. The highest BCUT2D eigenvalue weighted by Gasteiger charge is 2.26. The Morgan fingerprint density at radius 1 is 1.24 bits per heavy atom. The van der Waals surface area contributed by atoms with E-state index in [0.717, 1.165) is 37.4 Å². The first-order valence-electron chi connectivity index (χ1n) is 8.91. The summed E-state index contributed by atoms with van der Waals surface area (Å²) >= 11 is 0. The van der Waals surface area contributed by atoms with Gasteiger partial charge in [-0.3, -0.25) is 14.9 Å². The third-order valence-electron chi connectivity index (χ3n) is 5.45. The van der Waals surface area contributed by atoms with Gasteiger partial charge < -0.3 is 9.72 Å². The average Bonchev–Trinajstić information content (AvgIpc) is 3.11.